The number of nitrogens with zero attached hydrogens (tertiary/aromatic N) is 1. The molecular weight excluding hydrogens is 340 g/mol. The van der Waals surface area contributed by atoms with Gasteiger partial charge in [0.05, 0.1) is 4.90 Å². The van der Waals surface area contributed by atoms with E-state index in [1.807, 2.05) is 13.8 Å². The van der Waals surface area contributed by atoms with Crippen LogP contribution in [0, 0.1) is 18.8 Å². The van der Waals surface area contributed by atoms with Gasteiger partial charge in [0.2, 0.25) is 10.0 Å². The quantitative estimate of drug-likeness (QED) is 0.696. The molecule has 25 heavy (non-hydrogen) atoms. The standard InChI is InChI=1S/C18H30N2O4S/c1-6-20(7-2)25(23,24)16-9-8-14(5)17(10-16)18(22)19-11-15(12-21)13(3)4/h8-10,13,15,21H,6-7,11-12H2,1-5H3,(H,19,22)/t15-/m0/s1. The lowest BCUT2D eigenvalue weighted by Crippen LogP contribution is -2.34. The van der Waals surface area contributed by atoms with Crippen molar-refractivity contribution in [1.29, 1.82) is 0 Å². The summed E-state index contributed by atoms with van der Waals surface area (Å²) in [5.41, 5.74) is 1.05. The summed E-state index contributed by atoms with van der Waals surface area (Å²) in [5, 5.41) is 12.2. The molecule has 0 radical (unpaired) electrons. The maximum atomic E-state index is 12.6. The van der Waals surface area contributed by atoms with Crippen LogP contribution in [0.2, 0.25) is 0 Å². The third-order valence-corrected chi connectivity index (χ3v) is 6.54. The molecule has 0 unspecified atom stereocenters. The summed E-state index contributed by atoms with van der Waals surface area (Å²) in [4.78, 5) is 12.6. The second kappa shape index (κ2) is 9.31. The average molecular weight is 371 g/mol. The lowest BCUT2D eigenvalue weighted by molar-refractivity contribution is 0.0930. The smallest absolute Gasteiger partial charge is 0.251 e. The highest BCUT2D eigenvalue weighted by Gasteiger charge is 2.23. The first-order chi connectivity index (χ1) is 11.7. The van der Waals surface area contributed by atoms with Gasteiger partial charge in [-0.2, -0.15) is 4.31 Å². The zero-order chi connectivity index (χ0) is 19.2. The molecule has 1 aromatic rings. The highest BCUT2D eigenvalue weighted by molar-refractivity contribution is 7.89. The van der Waals surface area contributed by atoms with Crippen molar-refractivity contribution < 1.29 is 18.3 Å². The molecule has 0 bridgehead atoms. The fourth-order valence-electron chi connectivity index (χ4n) is 2.55. The van der Waals surface area contributed by atoms with Gasteiger partial charge in [-0.3, -0.25) is 4.79 Å². The lowest BCUT2D eigenvalue weighted by atomic mass is 9.96. The van der Waals surface area contributed by atoms with Crippen LogP contribution in [0.25, 0.3) is 0 Å². The van der Waals surface area contributed by atoms with E-state index in [-0.39, 0.29) is 29.2 Å². The Labute approximate surface area is 151 Å². The second-order valence-corrected chi connectivity index (χ2v) is 8.40. The van der Waals surface area contributed by atoms with Crippen molar-refractivity contribution in [3.8, 4) is 0 Å². The Morgan fingerprint density at radius 2 is 1.84 bits per heavy atom. The minimum Gasteiger partial charge on any atom is -0.396 e. The van der Waals surface area contributed by atoms with Crippen LogP contribution in [0.4, 0.5) is 0 Å². The summed E-state index contributed by atoms with van der Waals surface area (Å²) in [6.07, 6.45) is 0. The van der Waals surface area contributed by atoms with Crippen molar-refractivity contribution in [1.82, 2.24) is 9.62 Å². The second-order valence-electron chi connectivity index (χ2n) is 6.46. The van der Waals surface area contributed by atoms with E-state index in [2.05, 4.69) is 5.32 Å². The van der Waals surface area contributed by atoms with Gasteiger partial charge >= 0.3 is 0 Å². The molecule has 0 aromatic heterocycles. The van der Waals surface area contributed by atoms with Crippen molar-refractivity contribution in [2.75, 3.05) is 26.2 Å². The molecule has 142 valence electrons. The molecule has 0 fully saturated rings. The Morgan fingerprint density at radius 1 is 1.24 bits per heavy atom. The summed E-state index contributed by atoms with van der Waals surface area (Å²) < 4.78 is 26.6. The minimum absolute atomic E-state index is 0.00664. The fourth-order valence-corrected chi connectivity index (χ4v) is 4.03. The van der Waals surface area contributed by atoms with Gasteiger partial charge in [-0.25, -0.2) is 8.42 Å². The first-order valence-electron chi connectivity index (χ1n) is 8.68. The molecule has 1 rings (SSSR count). The van der Waals surface area contributed by atoms with Crippen LogP contribution in [0.15, 0.2) is 23.1 Å². The Kier molecular flexibility index (Phi) is 8.05. The van der Waals surface area contributed by atoms with E-state index in [1.165, 1.54) is 16.4 Å². The third-order valence-electron chi connectivity index (χ3n) is 4.50. The molecule has 1 aromatic carbocycles. The number of carbonyl (C=O) groups is 1. The molecule has 1 amide bonds. The summed E-state index contributed by atoms with van der Waals surface area (Å²) >= 11 is 0. The maximum absolute atomic E-state index is 12.6. The number of benzene rings is 1. The molecule has 0 aliphatic rings. The largest absolute Gasteiger partial charge is 0.396 e. The van der Waals surface area contributed by atoms with Crippen molar-refractivity contribution in [3.63, 3.8) is 0 Å². The number of nitrogens with one attached hydrogen (secondary N) is 1. The van der Waals surface area contributed by atoms with E-state index in [0.29, 0.717) is 30.8 Å². The number of aryl methyl sites for hydroxylation is 1. The predicted octanol–water partition coefficient (Wildman–Crippen LogP) is 2.02. The molecule has 0 aliphatic carbocycles. The van der Waals surface area contributed by atoms with Crippen molar-refractivity contribution >= 4 is 15.9 Å². The number of aliphatic hydroxyl groups is 1. The summed E-state index contributed by atoms with van der Waals surface area (Å²) in [7, 11) is -3.61. The predicted molar refractivity (Wildman–Crippen MR) is 99.0 cm³/mol. The molecule has 0 saturated heterocycles. The number of rotatable bonds is 9. The normalized spacial score (nSPS) is 13.3. The molecule has 1 atom stereocenters. The third kappa shape index (κ3) is 5.26. The number of amides is 1. The highest BCUT2D eigenvalue weighted by atomic mass is 32.2. The number of hydrogen-bond donors (Lipinski definition) is 2. The van der Waals surface area contributed by atoms with Gasteiger partial charge in [0.1, 0.15) is 0 Å². The van der Waals surface area contributed by atoms with Crippen LogP contribution in [-0.2, 0) is 10.0 Å². The minimum atomic E-state index is -3.61. The van der Waals surface area contributed by atoms with E-state index < -0.39 is 10.0 Å². The van der Waals surface area contributed by atoms with Gasteiger partial charge in [-0.05, 0) is 30.5 Å². The SMILES string of the molecule is CCN(CC)S(=O)(=O)c1ccc(C)c(C(=O)NC[C@@H](CO)C(C)C)c1. The van der Waals surface area contributed by atoms with E-state index >= 15 is 0 Å². The number of aliphatic hydroxyl groups excluding tert-OH is 1. The van der Waals surface area contributed by atoms with Crippen molar-refractivity contribution in [2.24, 2.45) is 11.8 Å². The van der Waals surface area contributed by atoms with Crippen LogP contribution in [-0.4, -0.2) is 50.0 Å². The molecule has 0 aliphatic heterocycles. The van der Waals surface area contributed by atoms with E-state index in [9.17, 15) is 18.3 Å². The van der Waals surface area contributed by atoms with Crippen LogP contribution in [0.3, 0.4) is 0 Å². The highest BCUT2D eigenvalue weighted by Crippen LogP contribution is 2.20. The molecule has 0 spiro atoms. The van der Waals surface area contributed by atoms with Gasteiger partial charge in [0, 0.05) is 37.7 Å². The zero-order valence-electron chi connectivity index (χ0n) is 15.7. The van der Waals surface area contributed by atoms with Gasteiger partial charge in [0.25, 0.3) is 5.91 Å². The zero-order valence-corrected chi connectivity index (χ0v) is 16.6. The number of carbonyl (C=O) groups excluding carboxylic acids is 1. The first-order valence-corrected chi connectivity index (χ1v) is 10.1. The summed E-state index contributed by atoms with van der Waals surface area (Å²) in [5.74, 6) is -0.124. The van der Waals surface area contributed by atoms with E-state index in [0.717, 1.165) is 0 Å². The Bertz CT molecular complexity index is 682. The summed E-state index contributed by atoms with van der Waals surface area (Å²) in [6, 6.07) is 4.61. The maximum Gasteiger partial charge on any atom is 0.251 e. The van der Waals surface area contributed by atoms with Crippen LogP contribution < -0.4 is 5.32 Å². The molecule has 0 heterocycles. The van der Waals surface area contributed by atoms with Crippen LogP contribution >= 0.6 is 0 Å². The Morgan fingerprint density at radius 3 is 2.32 bits per heavy atom. The molecule has 0 saturated carbocycles. The number of hydrogen-bond acceptors (Lipinski definition) is 4. The van der Waals surface area contributed by atoms with E-state index in [4.69, 9.17) is 0 Å². The van der Waals surface area contributed by atoms with Gasteiger partial charge in [-0.1, -0.05) is 33.8 Å². The lowest BCUT2D eigenvalue weighted by Gasteiger charge is -2.20. The Balaban J connectivity index is 3.07. The number of sulfonamides is 1. The molecule has 2 N–H and O–H groups in total. The van der Waals surface area contributed by atoms with Crippen LogP contribution in [0.5, 0.6) is 0 Å². The topological polar surface area (TPSA) is 86.7 Å². The van der Waals surface area contributed by atoms with Crippen LogP contribution in [0.1, 0.15) is 43.6 Å². The fraction of sp³-hybridized carbons (Fsp3) is 0.611. The van der Waals surface area contributed by atoms with Gasteiger partial charge < -0.3 is 10.4 Å². The monoisotopic (exact) mass is 370 g/mol. The van der Waals surface area contributed by atoms with Gasteiger partial charge in [-0.15, -0.1) is 0 Å². The van der Waals surface area contributed by atoms with Crippen molar-refractivity contribution in [2.45, 2.75) is 39.5 Å². The summed E-state index contributed by atoms with van der Waals surface area (Å²) in [6.45, 7) is 10.4. The van der Waals surface area contributed by atoms with E-state index in [1.54, 1.807) is 26.8 Å². The molecular formula is C18H30N2O4S. The first kappa shape index (κ1) is 21.6. The Hall–Kier alpha value is -1.44. The molecule has 7 heteroatoms. The van der Waals surface area contributed by atoms with Crippen molar-refractivity contribution in [3.05, 3.63) is 29.3 Å². The molecule has 6 nitrogen and oxygen atoms in total. The average Bonchev–Trinajstić information content (AvgIpc) is 2.55. The van der Waals surface area contributed by atoms with Gasteiger partial charge in [0.15, 0.2) is 0 Å².